The van der Waals surface area contributed by atoms with E-state index < -0.39 is 0 Å². The second kappa shape index (κ2) is 5.32. The highest BCUT2D eigenvalue weighted by Gasteiger charge is 1.93. The van der Waals surface area contributed by atoms with Gasteiger partial charge in [0.2, 0.25) is 0 Å². The zero-order chi connectivity index (χ0) is 8.81. The van der Waals surface area contributed by atoms with E-state index in [9.17, 15) is 0 Å². The van der Waals surface area contributed by atoms with Gasteiger partial charge in [0.1, 0.15) is 0 Å². The highest BCUT2D eigenvalue weighted by atomic mass is 79.9. The summed E-state index contributed by atoms with van der Waals surface area (Å²) in [6, 6.07) is 0. The number of aryl methyl sites for hydroxylation is 1. The molecule has 0 amide bonds. The second-order valence-corrected chi connectivity index (χ2v) is 3.54. The molecule has 0 unspecified atom stereocenters. The Hall–Kier alpha value is -0.350. The molecule has 1 aromatic rings. The van der Waals surface area contributed by atoms with Gasteiger partial charge in [0.25, 0.3) is 0 Å². The normalized spacial score (nSPS) is 10.5. The molecule has 0 bridgehead atoms. The van der Waals surface area contributed by atoms with Crippen LogP contribution in [0.1, 0.15) is 13.3 Å². The minimum Gasteiger partial charge on any atom is -0.317 e. The van der Waals surface area contributed by atoms with E-state index in [1.807, 2.05) is 17.1 Å². The van der Waals surface area contributed by atoms with Crippen molar-refractivity contribution in [2.45, 2.75) is 19.9 Å². The van der Waals surface area contributed by atoms with Crippen molar-refractivity contribution < 1.29 is 0 Å². The third-order valence-corrected chi connectivity index (χ3v) is 2.00. The number of nitrogens with one attached hydrogen (secondary N) is 1. The summed E-state index contributed by atoms with van der Waals surface area (Å²) in [4.78, 5) is 0. The van der Waals surface area contributed by atoms with E-state index in [0.717, 1.165) is 30.5 Å². The Balaban J connectivity index is 2.15. The van der Waals surface area contributed by atoms with Gasteiger partial charge in [-0.3, -0.25) is 4.68 Å². The molecule has 1 N–H and O–H groups in total. The molecular formula is C8H14BrN3. The summed E-state index contributed by atoms with van der Waals surface area (Å²) in [6.45, 7) is 5.21. The fraction of sp³-hybridized carbons (Fsp3) is 0.625. The van der Waals surface area contributed by atoms with Gasteiger partial charge in [0, 0.05) is 12.7 Å². The summed E-state index contributed by atoms with van der Waals surface area (Å²) >= 11 is 3.36. The van der Waals surface area contributed by atoms with Gasteiger partial charge in [-0.25, -0.2) is 0 Å². The molecule has 0 saturated carbocycles. The first-order valence-corrected chi connectivity index (χ1v) is 5.01. The Bertz CT molecular complexity index is 222. The average Bonchev–Trinajstić information content (AvgIpc) is 2.45. The largest absolute Gasteiger partial charge is 0.317 e. The van der Waals surface area contributed by atoms with E-state index in [1.165, 1.54) is 0 Å². The minimum absolute atomic E-state index is 0.985. The van der Waals surface area contributed by atoms with Gasteiger partial charge in [0.15, 0.2) is 0 Å². The Morgan fingerprint density at radius 2 is 2.50 bits per heavy atom. The molecule has 0 saturated heterocycles. The second-order valence-electron chi connectivity index (χ2n) is 2.63. The first kappa shape index (κ1) is 9.74. The minimum atomic E-state index is 0.985. The summed E-state index contributed by atoms with van der Waals surface area (Å²) in [7, 11) is 0. The maximum absolute atomic E-state index is 4.16. The van der Waals surface area contributed by atoms with Crippen LogP contribution in [-0.2, 0) is 6.54 Å². The summed E-state index contributed by atoms with van der Waals surface area (Å²) in [5, 5.41) is 7.43. The third-order valence-electron chi connectivity index (χ3n) is 1.59. The molecule has 0 spiro atoms. The molecule has 1 rings (SSSR count). The molecule has 0 aliphatic heterocycles. The molecule has 0 radical (unpaired) electrons. The van der Waals surface area contributed by atoms with Crippen molar-refractivity contribution in [3.63, 3.8) is 0 Å². The van der Waals surface area contributed by atoms with Crippen LogP contribution < -0.4 is 5.32 Å². The van der Waals surface area contributed by atoms with Crippen LogP contribution in [0.2, 0.25) is 0 Å². The molecular weight excluding hydrogens is 218 g/mol. The molecule has 12 heavy (non-hydrogen) atoms. The van der Waals surface area contributed by atoms with Crippen molar-refractivity contribution in [2.75, 3.05) is 13.1 Å². The van der Waals surface area contributed by atoms with Crippen molar-refractivity contribution in [1.82, 2.24) is 15.1 Å². The van der Waals surface area contributed by atoms with Crippen molar-refractivity contribution >= 4 is 15.9 Å². The fourth-order valence-electron chi connectivity index (χ4n) is 1.00. The van der Waals surface area contributed by atoms with Crippen molar-refractivity contribution in [2.24, 2.45) is 0 Å². The Morgan fingerprint density at radius 1 is 1.67 bits per heavy atom. The standard InChI is InChI=1S/C8H14BrN3/c1-2-10-4-3-5-12-7-8(9)6-11-12/h6-7,10H,2-5H2,1H3. The van der Waals surface area contributed by atoms with Crippen LogP contribution in [0.25, 0.3) is 0 Å². The zero-order valence-corrected chi connectivity index (χ0v) is 8.84. The number of hydrogen-bond donors (Lipinski definition) is 1. The van der Waals surface area contributed by atoms with Crippen molar-refractivity contribution in [3.8, 4) is 0 Å². The van der Waals surface area contributed by atoms with Crippen molar-refractivity contribution in [1.29, 1.82) is 0 Å². The molecule has 0 atom stereocenters. The molecule has 1 aromatic heterocycles. The summed E-state index contributed by atoms with van der Waals surface area (Å²) in [5.41, 5.74) is 0. The van der Waals surface area contributed by atoms with Crippen molar-refractivity contribution in [3.05, 3.63) is 16.9 Å². The van der Waals surface area contributed by atoms with Gasteiger partial charge in [-0.2, -0.15) is 5.10 Å². The Kier molecular flexibility index (Phi) is 4.32. The first-order chi connectivity index (χ1) is 5.83. The topological polar surface area (TPSA) is 29.9 Å². The lowest BCUT2D eigenvalue weighted by Gasteiger charge is -2.01. The maximum atomic E-state index is 4.16. The molecule has 3 nitrogen and oxygen atoms in total. The van der Waals surface area contributed by atoms with E-state index in [4.69, 9.17) is 0 Å². The highest BCUT2D eigenvalue weighted by Crippen LogP contribution is 2.05. The third kappa shape index (κ3) is 3.36. The van der Waals surface area contributed by atoms with Crippen LogP contribution in [0.15, 0.2) is 16.9 Å². The molecule has 0 fully saturated rings. The number of hydrogen-bond acceptors (Lipinski definition) is 2. The maximum Gasteiger partial charge on any atom is 0.0632 e. The zero-order valence-electron chi connectivity index (χ0n) is 7.26. The lowest BCUT2D eigenvalue weighted by molar-refractivity contribution is 0.550. The van der Waals surface area contributed by atoms with Crippen LogP contribution in [0, 0.1) is 0 Å². The summed E-state index contributed by atoms with van der Waals surface area (Å²) < 4.78 is 2.99. The first-order valence-electron chi connectivity index (χ1n) is 4.21. The van der Waals surface area contributed by atoms with Gasteiger partial charge in [0.05, 0.1) is 10.7 Å². The Labute approximate surface area is 81.3 Å². The summed E-state index contributed by atoms with van der Waals surface area (Å²) in [5.74, 6) is 0. The van der Waals surface area contributed by atoms with E-state index >= 15 is 0 Å². The van der Waals surface area contributed by atoms with Gasteiger partial charge in [-0.15, -0.1) is 0 Å². The fourth-order valence-corrected chi connectivity index (χ4v) is 1.33. The van der Waals surface area contributed by atoms with Gasteiger partial charge in [-0.05, 0) is 35.4 Å². The highest BCUT2D eigenvalue weighted by molar-refractivity contribution is 9.10. The lowest BCUT2D eigenvalue weighted by atomic mass is 10.4. The summed E-state index contributed by atoms with van der Waals surface area (Å²) in [6.07, 6.45) is 4.93. The number of halogens is 1. The average molecular weight is 232 g/mol. The SMILES string of the molecule is CCNCCCn1cc(Br)cn1. The predicted molar refractivity (Wildman–Crippen MR) is 53.1 cm³/mol. The number of aromatic nitrogens is 2. The van der Waals surface area contributed by atoms with E-state index in [-0.39, 0.29) is 0 Å². The molecule has 0 aliphatic carbocycles. The molecule has 1 heterocycles. The number of rotatable bonds is 5. The predicted octanol–water partition coefficient (Wildman–Crippen LogP) is 1.65. The van der Waals surface area contributed by atoms with Gasteiger partial charge >= 0.3 is 0 Å². The lowest BCUT2D eigenvalue weighted by Crippen LogP contribution is -2.16. The van der Waals surface area contributed by atoms with Crippen LogP contribution in [-0.4, -0.2) is 22.9 Å². The smallest absolute Gasteiger partial charge is 0.0632 e. The number of nitrogens with zero attached hydrogens (tertiary/aromatic N) is 2. The van der Waals surface area contributed by atoms with Crippen LogP contribution >= 0.6 is 15.9 Å². The monoisotopic (exact) mass is 231 g/mol. The molecule has 0 aliphatic rings. The van der Waals surface area contributed by atoms with E-state index in [0.29, 0.717) is 0 Å². The molecule has 4 heteroatoms. The van der Waals surface area contributed by atoms with E-state index in [2.05, 4.69) is 33.3 Å². The van der Waals surface area contributed by atoms with Crippen LogP contribution in [0.5, 0.6) is 0 Å². The molecule has 0 aromatic carbocycles. The quantitative estimate of drug-likeness (QED) is 0.782. The van der Waals surface area contributed by atoms with E-state index in [1.54, 1.807) is 0 Å². The van der Waals surface area contributed by atoms with Gasteiger partial charge < -0.3 is 5.32 Å². The van der Waals surface area contributed by atoms with Crippen LogP contribution in [0.4, 0.5) is 0 Å². The van der Waals surface area contributed by atoms with Gasteiger partial charge in [-0.1, -0.05) is 6.92 Å². The molecule has 68 valence electrons. The Morgan fingerprint density at radius 3 is 3.08 bits per heavy atom. The van der Waals surface area contributed by atoms with Crippen LogP contribution in [0.3, 0.4) is 0 Å².